The molecule has 12 heterocycles. The number of rotatable bonds is 29. The molecule has 12 aromatic rings. The van der Waals surface area contributed by atoms with Gasteiger partial charge in [-0.2, -0.15) is 29.1 Å². The Hall–Kier alpha value is -7.31. The van der Waals surface area contributed by atoms with E-state index >= 15 is 0 Å². The van der Waals surface area contributed by atoms with Crippen molar-refractivity contribution in [1.29, 1.82) is 0 Å². The third kappa shape index (κ3) is 22.0. The summed E-state index contributed by atoms with van der Waals surface area (Å²) in [6.07, 6.45) is 17.0. The number of aromatic nitrogens is 12. The summed E-state index contributed by atoms with van der Waals surface area (Å²) in [5.74, 6) is 0.801. The van der Waals surface area contributed by atoms with Crippen LogP contribution in [0.5, 0.6) is 0 Å². The summed E-state index contributed by atoms with van der Waals surface area (Å²) in [7, 11) is 0. The summed E-state index contributed by atoms with van der Waals surface area (Å²) >= 11 is 15.5. The van der Waals surface area contributed by atoms with Crippen LogP contribution in [-0.2, 0) is 16.3 Å². The summed E-state index contributed by atoms with van der Waals surface area (Å²) in [5.41, 5.74) is 13.2. The third-order valence-electron chi connectivity index (χ3n) is 18.6. The van der Waals surface area contributed by atoms with E-state index < -0.39 is 0 Å². The van der Waals surface area contributed by atoms with Crippen molar-refractivity contribution in [3.8, 4) is 65.5 Å². The number of Topliss-reactive ketones (excluding diaryl/α,β-unsaturated/α-hetero) is 3. The van der Waals surface area contributed by atoms with Crippen LogP contribution in [0.15, 0.2) is 144 Å². The van der Waals surface area contributed by atoms with Gasteiger partial charge < -0.3 is 21.1 Å². The molecule has 0 saturated heterocycles. The predicted molar refractivity (Wildman–Crippen MR) is 434 cm³/mol. The van der Waals surface area contributed by atoms with E-state index in [-0.39, 0.29) is 34.3 Å². The van der Waals surface area contributed by atoms with Gasteiger partial charge in [0.2, 0.25) is 0 Å². The Bertz CT molecular complexity index is 4500. The van der Waals surface area contributed by atoms with Crippen molar-refractivity contribution in [2.45, 2.75) is 172 Å². The molecule has 18 nitrogen and oxygen atoms in total. The first-order valence-electron chi connectivity index (χ1n) is 36.4. The number of nitrogens with zero attached hydrogens (tertiary/aromatic N) is 15. The molecule has 0 bridgehead atoms. The summed E-state index contributed by atoms with van der Waals surface area (Å²) in [6, 6.07) is 30.4. The zero-order valence-corrected chi connectivity index (χ0v) is 71.2. The average Bonchev–Trinajstić information content (AvgIpc) is 1.68. The van der Waals surface area contributed by atoms with Crippen LogP contribution < -0.4 is 0 Å². The Balaban J connectivity index is 0.000000193. The minimum absolute atomic E-state index is 0.0678. The van der Waals surface area contributed by atoms with Crippen molar-refractivity contribution in [1.82, 2.24) is 73.4 Å². The van der Waals surface area contributed by atoms with Crippen molar-refractivity contribution in [2.24, 2.45) is 0 Å². The molecule has 12 aromatic heterocycles. The van der Waals surface area contributed by atoms with E-state index in [1.54, 1.807) is 78.3 Å². The Labute approximate surface area is 653 Å². The second-order valence-corrected chi connectivity index (χ2v) is 29.5. The predicted octanol–water partition coefficient (Wildman–Crippen LogP) is 20.6. The van der Waals surface area contributed by atoms with Gasteiger partial charge in [-0.3, -0.25) is 24.4 Å². The quantitative estimate of drug-likeness (QED) is 0.0186. The molecule has 0 aliphatic heterocycles. The molecular weight excluding hydrogens is 1510 g/mol. The van der Waals surface area contributed by atoms with Crippen molar-refractivity contribution < 1.29 is 30.7 Å². The molecule has 3 atom stereocenters. The van der Waals surface area contributed by atoms with Crippen molar-refractivity contribution >= 4 is 93.5 Å². The number of carbonyl (C=O) groups excluding carboxylic acids is 3. The van der Waals surface area contributed by atoms with E-state index in [9.17, 15) is 14.4 Å². The van der Waals surface area contributed by atoms with E-state index in [0.29, 0.717) is 65.4 Å². The fourth-order valence-corrected chi connectivity index (χ4v) is 14.8. The van der Waals surface area contributed by atoms with Crippen LogP contribution in [0.1, 0.15) is 197 Å². The van der Waals surface area contributed by atoms with Crippen LogP contribution in [0.2, 0.25) is 5.15 Å². The number of carbonyl (C=O) groups is 3. The SMILES string of the molecule is CCN(CC)[C@@H](C)CCC(=O)c1cc(-c2cnn3ccc(-c4cccs4)nc23)nc(C(C)C)c1.CCN(CC)[C@@H](C)CCC(=O)c1cc(-c2cnn3ccc(-c4cccs4)nc23)nc(C(C)C)c1.CCN(CC)[C@@H](C)CCC(=O)c1cc(Cl)nc(-c2cnn3ccc(-c4cccs4)nc23)c1.C[CH-]C.[Zn+][Br]. The molecule has 0 aliphatic carbocycles. The van der Waals surface area contributed by atoms with Crippen LogP contribution in [0.25, 0.3) is 82.4 Å². The molecule has 0 radical (unpaired) electrons. The van der Waals surface area contributed by atoms with Gasteiger partial charge in [0.25, 0.3) is 0 Å². The number of pyridine rings is 3. The van der Waals surface area contributed by atoms with Crippen molar-refractivity contribution in [2.75, 3.05) is 39.3 Å². The Morgan fingerprint density at radius 2 is 0.724 bits per heavy atom. The molecule has 0 unspecified atom stereocenters. The molecular formula is C81H99BrClN15O3S3Zn. The molecule has 0 fully saturated rings. The Kier molecular flexibility index (Phi) is 32.7. The van der Waals surface area contributed by atoms with Gasteiger partial charge in [-0.1, -0.05) is 99.0 Å². The number of halogens is 2. The molecule has 0 aromatic carbocycles. The van der Waals surface area contributed by atoms with Gasteiger partial charge in [0.15, 0.2) is 34.3 Å². The van der Waals surface area contributed by atoms with Crippen LogP contribution in [0.3, 0.4) is 0 Å². The molecule has 0 spiro atoms. The Morgan fingerprint density at radius 3 is 0.990 bits per heavy atom. The zero-order chi connectivity index (χ0) is 75.9. The summed E-state index contributed by atoms with van der Waals surface area (Å²) in [4.78, 5) is 78.7. The molecule has 0 amide bonds. The number of fused-ring (bicyclic) bond motifs is 3. The second-order valence-electron chi connectivity index (χ2n) is 26.2. The molecule has 105 heavy (non-hydrogen) atoms. The molecule has 0 aliphatic rings. The summed E-state index contributed by atoms with van der Waals surface area (Å²) in [6.45, 7) is 37.9. The molecule has 24 heteroatoms. The number of hydrogen-bond acceptors (Lipinski definition) is 18. The van der Waals surface area contributed by atoms with Gasteiger partial charge in [0.1, 0.15) is 5.15 Å². The fraction of sp³-hybridized carbons (Fsp3) is 0.395. The minimum atomic E-state index is 0.0678. The summed E-state index contributed by atoms with van der Waals surface area (Å²) < 4.78 is 5.25. The fourth-order valence-electron chi connectivity index (χ4n) is 12.5. The average molecular weight is 1610 g/mol. The topological polar surface area (TPSA) is 190 Å². The Morgan fingerprint density at radius 1 is 0.438 bits per heavy atom. The normalized spacial score (nSPS) is 12.3. The standard InChI is InChI=1S/2C27H33N5OS.C24H26ClN5OS.C3H7.BrH.Zn/c2*1-6-31(7-2)19(5)10-11-25(33)20-15-23(18(3)4)29-24(16-20)21-17-28-32-13-12-22(30-27(21)32)26-9-8-14-34-26;1-4-29(5-2)16(3)8-9-21(31)17-13-20(27-23(25)14-17)18-15-26-30-11-10-19(28-24(18)30)22-7-6-12-32-22;1-3-2;;/h2*8-9,12-19H,6-7,10-11H2,1-5H3;6-7,10-16H,4-5,8-9H2,1-3H3;3H,1-2H3;1H;/q;;;-1;;+2/p-1/t2*19-;16-;;;/m000.../s1. The van der Waals surface area contributed by atoms with E-state index in [0.717, 1.165) is 141 Å². The second kappa shape index (κ2) is 41.1. The van der Waals surface area contributed by atoms with E-state index in [2.05, 4.69) is 151 Å². The maximum absolute atomic E-state index is 13.2. The first kappa shape index (κ1) is 83.3. The molecule has 0 N–H and O–H groups in total. The van der Waals surface area contributed by atoms with E-state index in [1.807, 2.05) is 122 Å². The van der Waals surface area contributed by atoms with Gasteiger partial charge in [-0.15, -0.1) is 34.0 Å². The van der Waals surface area contributed by atoms with Gasteiger partial charge in [-0.05, 0) is 180 Å². The van der Waals surface area contributed by atoms with Crippen LogP contribution in [-0.4, -0.2) is 148 Å². The monoisotopic (exact) mass is 1600 g/mol. The van der Waals surface area contributed by atoms with Crippen molar-refractivity contribution in [3.63, 3.8) is 0 Å². The molecule has 0 saturated carbocycles. The van der Waals surface area contributed by atoms with E-state index in [4.69, 9.17) is 36.5 Å². The number of thiophene rings is 3. The first-order valence-corrected chi connectivity index (χ1v) is 46.4. The number of hydrogen-bond donors (Lipinski definition) is 0. The maximum atomic E-state index is 13.2. The van der Waals surface area contributed by atoms with Crippen LogP contribution >= 0.6 is 59.2 Å². The first-order chi connectivity index (χ1) is 50.7. The molecule has 12 rings (SSSR count). The van der Waals surface area contributed by atoms with Crippen LogP contribution in [0.4, 0.5) is 0 Å². The van der Waals surface area contributed by atoms with E-state index in [1.165, 1.54) is 16.3 Å². The van der Waals surface area contributed by atoms with Crippen molar-refractivity contribution in [3.05, 3.63) is 184 Å². The third-order valence-corrected chi connectivity index (χ3v) is 21.4. The van der Waals surface area contributed by atoms with Gasteiger partial charge in [-0.25, -0.2) is 33.5 Å². The zero-order valence-electron chi connectivity index (χ0n) is 63.4. The van der Waals surface area contributed by atoms with Gasteiger partial charge in [0.05, 0.1) is 84.1 Å². The molecule has 550 valence electrons. The van der Waals surface area contributed by atoms with Gasteiger partial charge >= 0.3 is 30.0 Å². The summed E-state index contributed by atoms with van der Waals surface area (Å²) in [5, 5.41) is 19.8. The number of ketones is 3. The van der Waals surface area contributed by atoms with Crippen LogP contribution in [0, 0.1) is 6.42 Å². The van der Waals surface area contributed by atoms with Gasteiger partial charge in [0, 0.05) is 84.1 Å².